The molecule has 0 unspecified atom stereocenters. The first-order chi connectivity index (χ1) is 9.92. The van der Waals surface area contributed by atoms with Crippen molar-refractivity contribution < 1.29 is 9.47 Å². The summed E-state index contributed by atoms with van der Waals surface area (Å²) in [6.07, 6.45) is 7.36. The van der Waals surface area contributed by atoms with Crippen molar-refractivity contribution in [1.29, 1.82) is 0 Å². The standard InChI is InChI=1S/C19H32O2/c1-16-12-13-18(20-5)17(15-16)11-9-7-6-8-10-14-21-19(2,3)4/h12-13,15H,6-11,14H2,1-5H3. The Kier molecular flexibility index (Phi) is 7.81. The van der Waals surface area contributed by atoms with E-state index in [-0.39, 0.29) is 5.60 Å². The maximum absolute atomic E-state index is 5.73. The van der Waals surface area contributed by atoms with Gasteiger partial charge >= 0.3 is 0 Å². The molecule has 0 radical (unpaired) electrons. The molecule has 0 saturated carbocycles. The molecule has 1 aromatic carbocycles. The summed E-state index contributed by atoms with van der Waals surface area (Å²) in [7, 11) is 1.75. The lowest BCUT2D eigenvalue weighted by Crippen LogP contribution is -2.19. The Morgan fingerprint density at radius 2 is 1.62 bits per heavy atom. The summed E-state index contributed by atoms with van der Waals surface area (Å²) in [5.41, 5.74) is 2.65. The largest absolute Gasteiger partial charge is 0.496 e. The molecule has 2 nitrogen and oxygen atoms in total. The van der Waals surface area contributed by atoms with E-state index in [9.17, 15) is 0 Å². The van der Waals surface area contributed by atoms with Crippen LogP contribution in [0.15, 0.2) is 18.2 Å². The second kappa shape index (κ2) is 9.09. The molecule has 0 spiro atoms. The number of rotatable bonds is 9. The summed E-state index contributed by atoms with van der Waals surface area (Å²) in [6.45, 7) is 9.36. The molecule has 0 atom stereocenters. The molecule has 0 saturated heterocycles. The predicted octanol–water partition coefficient (Wildman–Crippen LogP) is 5.31. The fourth-order valence-electron chi connectivity index (χ4n) is 2.43. The average Bonchev–Trinajstić information content (AvgIpc) is 2.41. The quantitative estimate of drug-likeness (QED) is 0.574. The predicted molar refractivity (Wildman–Crippen MR) is 90.2 cm³/mol. The Hall–Kier alpha value is -1.02. The molecule has 0 aliphatic heterocycles. The molecular weight excluding hydrogens is 260 g/mol. The number of hydrogen-bond acceptors (Lipinski definition) is 2. The van der Waals surface area contributed by atoms with Crippen molar-refractivity contribution in [3.8, 4) is 5.75 Å². The van der Waals surface area contributed by atoms with E-state index >= 15 is 0 Å². The van der Waals surface area contributed by atoms with Gasteiger partial charge in [0.1, 0.15) is 5.75 Å². The van der Waals surface area contributed by atoms with E-state index in [1.807, 2.05) is 0 Å². The van der Waals surface area contributed by atoms with Gasteiger partial charge < -0.3 is 9.47 Å². The molecular formula is C19H32O2. The first-order valence-electron chi connectivity index (χ1n) is 8.20. The normalized spacial score (nSPS) is 11.7. The minimum absolute atomic E-state index is 0.00171. The van der Waals surface area contributed by atoms with Crippen LogP contribution in [0.3, 0.4) is 0 Å². The van der Waals surface area contributed by atoms with E-state index in [1.54, 1.807) is 7.11 Å². The first-order valence-corrected chi connectivity index (χ1v) is 8.20. The number of unbranched alkanes of at least 4 members (excludes halogenated alkanes) is 4. The molecule has 1 rings (SSSR count). The van der Waals surface area contributed by atoms with Gasteiger partial charge in [-0.3, -0.25) is 0 Å². The highest BCUT2D eigenvalue weighted by atomic mass is 16.5. The molecule has 0 aliphatic carbocycles. The zero-order valence-corrected chi connectivity index (χ0v) is 14.5. The number of aryl methyl sites for hydroxylation is 2. The fourth-order valence-corrected chi connectivity index (χ4v) is 2.43. The van der Waals surface area contributed by atoms with Crippen LogP contribution in [-0.2, 0) is 11.2 Å². The second-order valence-electron chi connectivity index (χ2n) is 6.79. The highest BCUT2D eigenvalue weighted by molar-refractivity contribution is 5.36. The average molecular weight is 292 g/mol. The van der Waals surface area contributed by atoms with Crippen LogP contribution in [0, 0.1) is 6.92 Å². The van der Waals surface area contributed by atoms with Crippen molar-refractivity contribution in [3.05, 3.63) is 29.3 Å². The number of methoxy groups -OCH3 is 1. The van der Waals surface area contributed by atoms with Gasteiger partial charge in [-0.2, -0.15) is 0 Å². The molecule has 0 heterocycles. The molecule has 2 heteroatoms. The monoisotopic (exact) mass is 292 g/mol. The van der Waals surface area contributed by atoms with Crippen LogP contribution in [-0.4, -0.2) is 19.3 Å². The van der Waals surface area contributed by atoms with Gasteiger partial charge in [0.15, 0.2) is 0 Å². The van der Waals surface area contributed by atoms with Crippen molar-refractivity contribution in [1.82, 2.24) is 0 Å². The first kappa shape index (κ1) is 18.0. The maximum Gasteiger partial charge on any atom is 0.122 e. The number of hydrogen-bond donors (Lipinski definition) is 0. The van der Waals surface area contributed by atoms with Gasteiger partial charge in [-0.15, -0.1) is 0 Å². The zero-order valence-electron chi connectivity index (χ0n) is 14.5. The molecule has 0 N–H and O–H groups in total. The smallest absolute Gasteiger partial charge is 0.122 e. The topological polar surface area (TPSA) is 18.5 Å². The van der Waals surface area contributed by atoms with E-state index in [2.05, 4.69) is 45.9 Å². The van der Waals surface area contributed by atoms with Gasteiger partial charge in [-0.1, -0.05) is 37.0 Å². The van der Waals surface area contributed by atoms with Gasteiger partial charge in [0.25, 0.3) is 0 Å². The fraction of sp³-hybridized carbons (Fsp3) is 0.684. The third kappa shape index (κ3) is 8.11. The van der Waals surface area contributed by atoms with Crippen LogP contribution in [0.2, 0.25) is 0 Å². The summed E-state index contributed by atoms with van der Waals surface area (Å²) >= 11 is 0. The third-order valence-corrected chi connectivity index (χ3v) is 3.56. The zero-order chi connectivity index (χ0) is 15.7. The van der Waals surface area contributed by atoms with E-state index < -0.39 is 0 Å². The highest BCUT2D eigenvalue weighted by Gasteiger charge is 2.08. The summed E-state index contributed by atoms with van der Waals surface area (Å²) in [6, 6.07) is 6.43. The molecule has 0 fully saturated rings. The lowest BCUT2D eigenvalue weighted by atomic mass is 10.0. The molecule has 21 heavy (non-hydrogen) atoms. The summed E-state index contributed by atoms with van der Waals surface area (Å²) in [5.74, 6) is 1.03. The Morgan fingerprint density at radius 3 is 2.29 bits per heavy atom. The molecule has 0 aliphatic rings. The Balaban J connectivity index is 2.13. The van der Waals surface area contributed by atoms with Crippen LogP contribution in [0.5, 0.6) is 5.75 Å². The van der Waals surface area contributed by atoms with Crippen LogP contribution < -0.4 is 4.74 Å². The van der Waals surface area contributed by atoms with Crippen LogP contribution >= 0.6 is 0 Å². The van der Waals surface area contributed by atoms with Gasteiger partial charge in [0, 0.05) is 6.61 Å². The molecule has 0 bridgehead atoms. The van der Waals surface area contributed by atoms with Crippen molar-refractivity contribution in [2.24, 2.45) is 0 Å². The molecule has 1 aromatic rings. The highest BCUT2D eigenvalue weighted by Crippen LogP contribution is 2.22. The van der Waals surface area contributed by atoms with Gasteiger partial charge in [0.05, 0.1) is 12.7 Å². The van der Waals surface area contributed by atoms with Crippen LogP contribution in [0.1, 0.15) is 64.0 Å². The SMILES string of the molecule is COc1ccc(C)cc1CCCCCCCOC(C)(C)C. The summed E-state index contributed by atoms with van der Waals surface area (Å²) in [5, 5.41) is 0. The Morgan fingerprint density at radius 1 is 0.952 bits per heavy atom. The summed E-state index contributed by atoms with van der Waals surface area (Å²) in [4.78, 5) is 0. The van der Waals surface area contributed by atoms with Crippen molar-refractivity contribution in [2.45, 2.75) is 71.8 Å². The third-order valence-electron chi connectivity index (χ3n) is 3.56. The van der Waals surface area contributed by atoms with E-state index in [1.165, 1.54) is 43.2 Å². The van der Waals surface area contributed by atoms with Gasteiger partial charge in [0.2, 0.25) is 0 Å². The lowest BCUT2D eigenvalue weighted by Gasteiger charge is -2.19. The van der Waals surface area contributed by atoms with Crippen LogP contribution in [0.25, 0.3) is 0 Å². The second-order valence-corrected chi connectivity index (χ2v) is 6.79. The summed E-state index contributed by atoms with van der Waals surface area (Å²) < 4.78 is 11.2. The van der Waals surface area contributed by atoms with E-state index in [4.69, 9.17) is 9.47 Å². The van der Waals surface area contributed by atoms with Gasteiger partial charge in [-0.25, -0.2) is 0 Å². The van der Waals surface area contributed by atoms with Gasteiger partial charge in [-0.05, 0) is 58.6 Å². The van der Waals surface area contributed by atoms with Crippen LogP contribution in [0.4, 0.5) is 0 Å². The van der Waals surface area contributed by atoms with Crippen molar-refractivity contribution >= 4 is 0 Å². The molecule has 0 aromatic heterocycles. The molecule has 0 amide bonds. The number of benzene rings is 1. The van der Waals surface area contributed by atoms with Crippen molar-refractivity contribution in [3.63, 3.8) is 0 Å². The van der Waals surface area contributed by atoms with Crippen molar-refractivity contribution in [2.75, 3.05) is 13.7 Å². The Labute approximate surface area is 130 Å². The molecule has 120 valence electrons. The lowest BCUT2D eigenvalue weighted by molar-refractivity contribution is -0.00474. The Bertz CT molecular complexity index is 405. The van der Waals surface area contributed by atoms with E-state index in [0.717, 1.165) is 18.8 Å². The minimum Gasteiger partial charge on any atom is -0.496 e. The number of ether oxygens (including phenoxy) is 2. The van der Waals surface area contributed by atoms with E-state index in [0.29, 0.717) is 0 Å². The maximum atomic E-state index is 5.73. The minimum atomic E-state index is 0.00171.